The maximum absolute atomic E-state index is 11.9. The lowest BCUT2D eigenvalue weighted by Gasteiger charge is -2.13. The van der Waals surface area contributed by atoms with Crippen LogP contribution in [0.15, 0.2) is 35.3 Å². The Labute approximate surface area is 168 Å². The van der Waals surface area contributed by atoms with Gasteiger partial charge >= 0.3 is 0 Å². The zero-order chi connectivity index (χ0) is 17.6. The highest BCUT2D eigenvalue weighted by atomic mass is 127. The van der Waals surface area contributed by atoms with Gasteiger partial charge in [-0.15, -0.1) is 24.0 Å². The van der Waals surface area contributed by atoms with Crippen LogP contribution in [-0.2, 0) is 4.74 Å². The molecule has 0 aliphatic carbocycles. The topological polar surface area (TPSA) is 74.8 Å². The molecule has 0 bridgehead atoms. The maximum Gasteiger partial charge on any atom is 0.251 e. The Hall–Kier alpha value is -1.35. The van der Waals surface area contributed by atoms with Crippen LogP contribution in [0.25, 0.3) is 0 Å². The third-order valence-corrected chi connectivity index (χ3v) is 3.34. The number of aliphatic imine (C=N–C) groups is 1. The van der Waals surface area contributed by atoms with E-state index in [1.54, 1.807) is 19.2 Å². The molecule has 3 N–H and O–H groups in total. The van der Waals surface area contributed by atoms with Crippen LogP contribution < -0.4 is 16.0 Å². The monoisotopic (exact) mass is 462 g/mol. The molecule has 0 fully saturated rings. The number of hydrogen-bond donors (Lipinski definition) is 3. The average molecular weight is 462 g/mol. The molecule has 1 aromatic rings. The SMILES string of the molecule is CN=C(NCCNC(=O)c1ccccc1)NCCOCCC(C)C.I. The molecular weight excluding hydrogens is 431 g/mol. The lowest BCUT2D eigenvalue weighted by Crippen LogP contribution is -2.42. The van der Waals surface area contributed by atoms with E-state index in [0.717, 1.165) is 13.0 Å². The Morgan fingerprint density at radius 1 is 1.04 bits per heavy atom. The summed E-state index contributed by atoms with van der Waals surface area (Å²) in [4.78, 5) is 16.0. The summed E-state index contributed by atoms with van der Waals surface area (Å²) in [6, 6.07) is 9.18. The van der Waals surface area contributed by atoms with Crippen molar-refractivity contribution < 1.29 is 9.53 Å². The van der Waals surface area contributed by atoms with Crippen LogP contribution in [0.5, 0.6) is 0 Å². The van der Waals surface area contributed by atoms with Gasteiger partial charge in [0.15, 0.2) is 5.96 Å². The van der Waals surface area contributed by atoms with E-state index in [0.29, 0.717) is 43.7 Å². The largest absolute Gasteiger partial charge is 0.380 e. The number of nitrogens with zero attached hydrogens (tertiary/aromatic N) is 1. The highest BCUT2D eigenvalue weighted by molar-refractivity contribution is 14.0. The van der Waals surface area contributed by atoms with Crippen molar-refractivity contribution in [3.8, 4) is 0 Å². The zero-order valence-electron chi connectivity index (χ0n) is 15.4. The zero-order valence-corrected chi connectivity index (χ0v) is 17.7. The second-order valence-corrected chi connectivity index (χ2v) is 5.84. The van der Waals surface area contributed by atoms with E-state index in [-0.39, 0.29) is 29.9 Å². The number of guanidine groups is 1. The van der Waals surface area contributed by atoms with Gasteiger partial charge in [0, 0.05) is 38.9 Å². The summed E-state index contributed by atoms with van der Waals surface area (Å²) in [7, 11) is 1.72. The van der Waals surface area contributed by atoms with Gasteiger partial charge in [0.2, 0.25) is 0 Å². The van der Waals surface area contributed by atoms with Crippen LogP contribution in [-0.4, -0.2) is 51.8 Å². The van der Waals surface area contributed by atoms with Crippen molar-refractivity contribution >= 4 is 35.8 Å². The minimum absolute atomic E-state index is 0. The standard InChI is InChI=1S/C18H30N4O2.HI/c1-15(2)9-13-24-14-12-22-18(19-3)21-11-10-20-17(23)16-7-5-4-6-8-16;/h4-8,15H,9-14H2,1-3H3,(H,20,23)(H2,19,21,22);1H. The van der Waals surface area contributed by atoms with E-state index in [2.05, 4.69) is 34.8 Å². The van der Waals surface area contributed by atoms with Gasteiger partial charge in [0.05, 0.1) is 6.61 Å². The van der Waals surface area contributed by atoms with E-state index in [4.69, 9.17) is 4.74 Å². The summed E-state index contributed by atoms with van der Waals surface area (Å²) in [5, 5.41) is 9.20. The summed E-state index contributed by atoms with van der Waals surface area (Å²) in [5.74, 6) is 1.30. The second kappa shape index (κ2) is 14.9. The van der Waals surface area contributed by atoms with Gasteiger partial charge in [0.1, 0.15) is 0 Å². The summed E-state index contributed by atoms with van der Waals surface area (Å²) >= 11 is 0. The van der Waals surface area contributed by atoms with Crippen molar-refractivity contribution in [1.82, 2.24) is 16.0 Å². The minimum Gasteiger partial charge on any atom is -0.380 e. The first-order chi connectivity index (χ1) is 11.6. The Morgan fingerprint density at radius 2 is 1.68 bits per heavy atom. The van der Waals surface area contributed by atoms with Crippen molar-refractivity contribution in [1.29, 1.82) is 0 Å². The number of nitrogens with one attached hydrogen (secondary N) is 3. The minimum atomic E-state index is -0.0705. The number of amides is 1. The van der Waals surface area contributed by atoms with Gasteiger partial charge in [-0.25, -0.2) is 0 Å². The molecule has 0 aliphatic rings. The van der Waals surface area contributed by atoms with Crippen LogP contribution in [0.2, 0.25) is 0 Å². The summed E-state index contributed by atoms with van der Waals surface area (Å²) in [5.41, 5.74) is 0.665. The van der Waals surface area contributed by atoms with Crippen LogP contribution in [0.3, 0.4) is 0 Å². The summed E-state index contributed by atoms with van der Waals surface area (Å²) in [6.07, 6.45) is 1.08. The Kier molecular flexibility index (Phi) is 14.1. The fourth-order valence-electron chi connectivity index (χ4n) is 1.93. The summed E-state index contributed by atoms with van der Waals surface area (Å²) < 4.78 is 5.54. The van der Waals surface area contributed by atoms with Crippen molar-refractivity contribution in [3.05, 3.63) is 35.9 Å². The van der Waals surface area contributed by atoms with Crippen LogP contribution in [0, 0.1) is 5.92 Å². The highest BCUT2D eigenvalue weighted by Crippen LogP contribution is 1.98. The molecule has 0 heterocycles. The molecule has 25 heavy (non-hydrogen) atoms. The van der Waals surface area contributed by atoms with Crippen LogP contribution in [0.4, 0.5) is 0 Å². The van der Waals surface area contributed by atoms with Crippen LogP contribution in [0.1, 0.15) is 30.6 Å². The first kappa shape index (κ1) is 23.6. The van der Waals surface area contributed by atoms with E-state index in [1.165, 1.54) is 0 Å². The quantitative estimate of drug-likeness (QED) is 0.216. The third kappa shape index (κ3) is 11.8. The van der Waals surface area contributed by atoms with E-state index >= 15 is 0 Å². The number of carbonyl (C=O) groups is 1. The third-order valence-electron chi connectivity index (χ3n) is 3.34. The molecule has 0 saturated heterocycles. The number of carbonyl (C=O) groups excluding carboxylic acids is 1. The van der Waals surface area contributed by atoms with Gasteiger partial charge in [-0.3, -0.25) is 9.79 Å². The number of halogens is 1. The maximum atomic E-state index is 11.9. The second-order valence-electron chi connectivity index (χ2n) is 5.84. The molecule has 0 radical (unpaired) electrons. The fourth-order valence-corrected chi connectivity index (χ4v) is 1.93. The van der Waals surface area contributed by atoms with Gasteiger partial charge < -0.3 is 20.7 Å². The van der Waals surface area contributed by atoms with Crippen molar-refractivity contribution in [2.75, 3.05) is 39.9 Å². The predicted octanol–water partition coefficient (Wildman–Crippen LogP) is 2.26. The molecule has 0 atom stereocenters. The Bertz CT molecular complexity index is 495. The lowest BCUT2D eigenvalue weighted by atomic mass is 10.1. The van der Waals surface area contributed by atoms with E-state index in [9.17, 15) is 4.79 Å². The van der Waals surface area contributed by atoms with E-state index in [1.807, 2.05) is 18.2 Å². The van der Waals surface area contributed by atoms with Crippen molar-refractivity contribution in [2.45, 2.75) is 20.3 Å². The first-order valence-corrected chi connectivity index (χ1v) is 8.49. The van der Waals surface area contributed by atoms with Gasteiger partial charge in [-0.05, 0) is 24.5 Å². The average Bonchev–Trinajstić information content (AvgIpc) is 2.60. The molecule has 0 saturated carbocycles. The smallest absolute Gasteiger partial charge is 0.251 e. The Morgan fingerprint density at radius 3 is 2.32 bits per heavy atom. The molecule has 7 heteroatoms. The van der Waals surface area contributed by atoms with Crippen molar-refractivity contribution in [3.63, 3.8) is 0 Å². The molecule has 142 valence electrons. The number of ether oxygens (including phenoxy) is 1. The highest BCUT2D eigenvalue weighted by Gasteiger charge is 2.03. The Balaban J connectivity index is 0.00000576. The normalized spacial score (nSPS) is 11.0. The predicted molar refractivity (Wildman–Crippen MR) is 114 cm³/mol. The lowest BCUT2D eigenvalue weighted by molar-refractivity contribution is 0.0954. The molecule has 0 unspecified atom stereocenters. The summed E-state index contributed by atoms with van der Waals surface area (Å²) in [6.45, 7) is 7.64. The molecule has 0 aliphatic heterocycles. The molecular formula is C18H31IN4O2. The van der Waals surface area contributed by atoms with Crippen molar-refractivity contribution in [2.24, 2.45) is 10.9 Å². The molecule has 0 aromatic heterocycles. The number of hydrogen-bond acceptors (Lipinski definition) is 3. The molecule has 1 amide bonds. The van der Waals surface area contributed by atoms with Gasteiger partial charge in [-0.1, -0.05) is 32.0 Å². The first-order valence-electron chi connectivity index (χ1n) is 8.49. The molecule has 6 nitrogen and oxygen atoms in total. The molecule has 1 rings (SSSR count). The fraction of sp³-hybridized carbons (Fsp3) is 0.556. The molecule has 0 spiro atoms. The van der Waals surface area contributed by atoms with E-state index < -0.39 is 0 Å². The van der Waals surface area contributed by atoms with Gasteiger partial charge in [0.25, 0.3) is 5.91 Å². The number of rotatable bonds is 10. The van der Waals surface area contributed by atoms with Crippen LogP contribution >= 0.6 is 24.0 Å². The molecule has 1 aromatic carbocycles. The number of benzene rings is 1. The van der Waals surface area contributed by atoms with Gasteiger partial charge in [-0.2, -0.15) is 0 Å².